The number of rotatable bonds is 6. The summed E-state index contributed by atoms with van der Waals surface area (Å²) in [5.74, 6) is 0.563. The zero-order valence-corrected chi connectivity index (χ0v) is 11.5. The van der Waals surface area contributed by atoms with Gasteiger partial charge in [-0.15, -0.1) is 11.6 Å². The number of aliphatic hydroxyl groups is 1. The number of benzene rings is 1. The van der Waals surface area contributed by atoms with E-state index in [0.29, 0.717) is 12.1 Å². The highest BCUT2D eigenvalue weighted by atomic mass is 35.5. The maximum Gasteiger partial charge on any atom is 0.257 e. The number of carbonyl (C=O) groups excluding carboxylic acids is 1. The van der Waals surface area contributed by atoms with Gasteiger partial charge in [-0.05, 0) is 11.6 Å². The fraction of sp³-hybridized carbons (Fsp3) is 0.286. The number of alkyl halides is 1. The van der Waals surface area contributed by atoms with Crippen molar-refractivity contribution in [2.75, 3.05) is 12.4 Å². The van der Waals surface area contributed by atoms with E-state index in [-0.39, 0.29) is 12.4 Å². The van der Waals surface area contributed by atoms with E-state index in [1.807, 2.05) is 36.4 Å². The van der Waals surface area contributed by atoms with Crippen molar-refractivity contribution in [2.45, 2.75) is 12.3 Å². The molecule has 20 heavy (non-hydrogen) atoms. The summed E-state index contributed by atoms with van der Waals surface area (Å²) in [6.07, 6.45) is 2.66. The van der Waals surface area contributed by atoms with E-state index in [0.717, 1.165) is 5.56 Å². The molecule has 5 nitrogen and oxygen atoms in total. The SMILES string of the molecule is O=CC1ON=C(C=Cc2ccccc2)N1CC(O)CCl. The predicted octanol–water partition coefficient (Wildman–Crippen LogP) is 1.47. The molecule has 2 rings (SSSR count). The van der Waals surface area contributed by atoms with Gasteiger partial charge in [0.05, 0.1) is 18.5 Å². The fourth-order valence-corrected chi connectivity index (χ4v) is 1.88. The first-order chi connectivity index (χ1) is 9.74. The largest absolute Gasteiger partial charge is 0.390 e. The summed E-state index contributed by atoms with van der Waals surface area (Å²) in [4.78, 5) is 17.5. The lowest BCUT2D eigenvalue weighted by Gasteiger charge is -2.22. The molecule has 1 N–H and O–H groups in total. The van der Waals surface area contributed by atoms with Crippen molar-refractivity contribution in [3.63, 3.8) is 0 Å². The molecule has 1 aliphatic heterocycles. The molecule has 0 fully saturated rings. The Morgan fingerprint density at radius 3 is 2.80 bits per heavy atom. The number of hydrogen-bond donors (Lipinski definition) is 1. The number of nitrogens with zero attached hydrogens (tertiary/aromatic N) is 2. The van der Waals surface area contributed by atoms with E-state index in [1.54, 1.807) is 11.0 Å². The second kappa shape index (κ2) is 7.07. The van der Waals surface area contributed by atoms with E-state index in [9.17, 15) is 9.90 Å². The van der Waals surface area contributed by atoms with Gasteiger partial charge in [0.2, 0.25) is 0 Å². The second-order valence-corrected chi connectivity index (χ2v) is 4.59. The number of carbonyl (C=O) groups is 1. The van der Waals surface area contributed by atoms with E-state index in [2.05, 4.69) is 5.16 Å². The van der Waals surface area contributed by atoms with Crippen LogP contribution in [-0.4, -0.2) is 46.9 Å². The molecule has 2 unspecified atom stereocenters. The number of amidine groups is 1. The van der Waals surface area contributed by atoms with Crippen molar-refractivity contribution in [2.24, 2.45) is 5.16 Å². The van der Waals surface area contributed by atoms with Crippen LogP contribution in [0.4, 0.5) is 0 Å². The summed E-state index contributed by atoms with van der Waals surface area (Å²) < 4.78 is 0. The molecule has 0 bridgehead atoms. The Hall–Kier alpha value is -1.85. The summed E-state index contributed by atoms with van der Waals surface area (Å²) in [5.41, 5.74) is 1.00. The molecular weight excluding hydrogens is 280 g/mol. The van der Waals surface area contributed by atoms with Gasteiger partial charge in [0.25, 0.3) is 6.23 Å². The highest BCUT2D eigenvalue weighted by molar-refractivity contribution is 6.18. The van der Waals surface area contributed by atoms with Crippen molar-refractivity contribution < 1.29 is 14.7 Å². The first-order valence-corrected chi connectivity index (χ1v) is 6.71. The smallest absolute Gasteiger partial charge is 0.257 e. The van der Waals surface area contributed by atoms with Gasteiger partial charge in [-0.25, -0.2) is 0 Å². The number of halogens is 1. The van der Waals surface area contributed by atoms with Crippen molar-refractivity contribution in [1.29, 1.82) is 0 Å². The molecule has 0 radical (unpaired) electrons. The topological polar surface area (TPSA) is 62.1 Å². The van der Waals surface area contributed by atoms with E-state index < -0.39 is 12.3 Å². The van der Waals surface area contributed by atoms with Gasteiger partial charge in [0.15, 0.2) is 12.1 Å². The summed E-state index contributed by atoms with van der Waals surface area (Å²) in [6, 6.07) is 9.68. The Morgan fingerprint density at radius 2 is 2.15 bits per heavy atom. The molecule has 0 saturated heterocycles. The standard InChI is InChI=1S/C14H15ClN2O3/c15-8-12(19)9-17-13(16-20-14(17)10-18)7-6-11-4-2-1-3-5-11/h1-7,10,12,14,19H,8-9H2. The summed E-state index contributed by atoms with van der Waals surface area (Å²) in [6.45, 7) is 0.185. The third-order valence-corrected chi connectivity index (χ3v) is 3.14. The molecule has 0 aromatic heterocycles. The third kappa shape index (κ3) is 3.59. The number of aliphatic hydroxyl groups excluding tert-OH is 1. The zero-order valence-electron chi connectivity index (χ0n) is 10.7. The van der Waals surface area contributed by atoms with Gasteiger partial charge in [0, 0.05) is 0 Å². The van der Waals surface area contributed by atoms with Gasteiger partial charge in [-0.1, -0.05) is 41.6 Å². The van der Waals surface area contributed by atoms with Crippen LogP contribution in [0.2, 0.25) is 0 Å². The number of hydrogen-bond acceptors (Lipinski definition) is 5. The lowest BCUT2D eigenvalue weighted by molar-refractivity contribution is -0.123. The molecule has 0 spiro atoms. The number of β-amino-alcohol motifs (C(OH)–C–C–N with tert-alkyl or cyclic N) is 1. The molecule has 106 valence electrons. The molecule has 6 heteroatoms. The predicted molar refractivity (Wildman–Crippen MR) is 77.3 cm³/mol. The fourth-order valence-electron chi connectivity index (χ4n) is 1.78. The molecule has 2 atom stereocenters. The van der Waals surface area contributed by atoms with E-state index in [1.165, 1.54) is 0 Å². The summed E-state index contributed by atoms with van der Waals surface area (Å²) in [5, 5.41) is 13.5. The Labute approximate surface area is 122 Å². The zero-order chi connectivity index (χ0) is 14.4. The highest BCUT2D eigenvalue weighted by Crippen LogP contribution is 2.14. The van der Waals surface area contributed by atoms with Crippen LogP contribution in [0.25, 0.3) is 6.08 Å². The maximum atomic E-state index is 10.9. The first kappa shape index (κ1) is 14.6. The number of aldehydes is 1. The van der Waals surface area contributed by atoms with Gasteiger partial charge in [0.1, 0.15) is 0 Å². The normalized spacial score (nSPS) is 19.8. The molecule has 1 heterocycles. The van der Waals surface area contributed by atoms with Crippen molar-refractivity contribution in [1.82, 2.24) is 4.90 Å². The van der Waals surface area contributed by atoms with Crippen LogP contribution in [0.15, 0.2) is 41.6 Å². The van der Waals surface area contributed by atoms with Crippen LogP contribution < -0.4 is 0 Å². The molecule has 0 amide bonds. The monoisotopic (exact) mass is 294 g/mol. The average molecular weight is 295 g/mol. The van der Waals surface area contributed by atoms with Crippen LogP contribution >= 0.6 is 11.6 Å². The average Bonchev–Trinajstić information content (AvgIpc) is 2.88. The molecule has 0 saturated carbocycles. The van der Waals surface area contributed by atoms with Gasteiger partial charge in [-0.3, -0.25) is 4.79 Å². The van der Waals surface area contributed by atoms with Gasteiger partial charge < -0.3 is 14.8 Å². The Morgan fingerprint density at radius 1 is 1.40 bits per heavy atom. The molecule has 0 aliphatic carbocycles. The van der Waals surface area contributed by atoms with E-state index in [4.69, 9.17) is 16.4 Å². The maximum absolute atomic E-state index is 10.9. The minimum atomic E-state index is -0.816. The molecular formula is C14H15ClN2O3. The first-order valence-electron chi connectivity index (χ1n) is 6.17. The lowest BCUT2D eigenvalue weighted by Crippen LogP contribution is -2.42. The lowest BCUT2D eigenvalue weighted by atomic mass is 10.2. The van der Waals surface area contributed by atoms with Crippen LogP contribution in [0.5, 0.6) is 0 Å². The minimum absolute atomic E-state index is 0.0811. The molecule has 1 aromatic carbocycles. The molecule has 1 aromatic rings. The number of oxime groups is 1. The summed E-state index contributed by atoms with van der Waals surface area (Å²) >= 11 is 5.58. The van der Waals surface area contributed by atoms with Crippen molar-refractivity contribution >= 4 is 29.8 Å². The Kier molecular flexibility index (Phi) is 5.15. The second-order valence-electron chi connectivity index (χ2n) is 4.29. The van der Waals surface area contributed by atoms with Crippen LogP contribution in [0.1, 0.15) is 5.56 Å². The summed E-state index contributed by atoms with van der Waals surface area (Å²) in [7, 11) is 0. The Bertz CT molecular complexity index is 504. The van der Waals surface area contributed by atoms with Crippen molar-refractivity contribution in [3.05, 3.63) is 42.0 Å². The minimum Gasteiger partial charge on any atom is -0.390 e. The van der Waals surface area contributed by atoms with Crippen LogP contribution in [-0.2, 0) is 9.63 Å². The van der Waals surface area contributed by atoms with E-state index >= 15 is 0 Å². The highest BCUT2D eigenvalue weighted by Gasteiger charge is 2.29. The quantitative estimate of drug-likeness (QED) is 0.637. The molecule has 1 aliphatic rings. The Balaban J connectivity index is 2.09. The third-order valence-electron chi connectivity index (χ3n) is 2.78. The van der Waals surface area contributed by atoms with Crippen LogP contribution in [0, 0.1) is 0 Å². The van der Waals surface area contributed by atoms with Gasteiger partial charge >= 0.3 is 0 Å². The van der Waals surface area contributed by atoms with Gasteiger partial charge in [-0.2, -0.15) is 0 Å². The van der Waals surface area contributed by atoms with Crippen LogP contribution in [0.3, 0.4) is 0 Å². The van der Waals surface area contributed by atoms with Crippen molar-refractivity contribution in [3.8, 4) is 0 Å².